The number of aliphatic hydroxyl groups is 1. The van der Waals surface area contributed by atoms with Crippen LogP contribution in [0.25, 0.3) is 12.2 Å². The molecule has 1 atom stereocenters. The largest absolute Gasteiger partial charge is 0.508 e. The lowest BCUT2D eigenvalue weighted by atomic mass is 9.96. The van der Waals surface area contributed by atoms with E-state index in [4.69, 9.17) is 14.2 Å². The highest BCUT2D eigenvalue weighted by atomic mass is 16.6. The topological polar surface area (TPSA) is 99.1 Å². The van der Waals surface area contributed by atoms with Crippen molar-refractivity contribution < 1.29 is 33.7 Å². The SMILES string of the molecule is COc1cc(/C=C/C(O)=C/C(=O)/C=C/c2ccc(OC(=O)[C@H](C)c3cccc(C(=O)c4ccccc4)c3)c(OC)c2)ccc1C. The van der Waals surface area contributed by atoms with Gasteiger partial charge < -0.3 is 19.3 Å². The number of ether oxygens (including phenoxy) is 3. The number of esters is 1. The van der Waals surface area contributed by atoms with Gasteiger partial charge in [-0.3, -0.25) is 14.4 Å². The summed E-state index contributed by atoms with van der Waals surface area (Å²) in [5, 5.41) is 10.2. The van der Waals surface area contributed by atoms with Crippen molar-refractivity contribution in [3.05, 3.63) is 148 Å². The number of hydrogen-bond donors (Lipinski definition) is 1. The molecule has 0 radical (unpaired) electrons. The second-order valence-corrected chi connectivity index (χ2v) is 10.2. The first-order valence-corrected chi connectivity index (χ1v) is 14.2. The maximum absolute atomic E-state index is 13.1. The molecule has 0 unspecified atom stereocenters. The zero-order chi connectivity index (χ0) is 32.3. The number of ketones is 2. The molecule has 0 amide bonds. The summed E-state index contributed by atoms with van der Waals surface area (Å²) in [4.78, 5) is 38.3. The first-order valence-electron chi connectivity index (χ1n) is 14.2. The molecule has 7 heteroatoms. The van der Waals surface area contributed by atoms with Crippen molar-refractivity contribution >= 4 is 29.7 Å². The summed E-state index contributed by atoms with van der Waals surface area (Å²) < 4.78 is 16.4. The Morgan fingerprint density at radius 2 is 1.36 bits per heavy atom. The number of benzene rings is 4. The van der Waals surface area contributed by atoms with E-state index in [2.05, 4.69) is 0 Å². The number of methoxy groups -OCH3 is 2. The van der Waals surface area contributed by atoms with Crippen LogP contribution in [0.1, 0.15) is 51.0 Å². The fourth-order valence-electron chi connectivity index (χ4n) is 4.45. The summed E-state index contributed by atoms with van der Waals surface area (Å²) in [6.45, 7) is 3.64. The fourth-order valence-corrected chi connectivity index (χ4v) is 4.45. The van der Waals surface area contributed by atoms with Crippen LogP contribution in [-0.2, 0) is 9.59 Å². The highest BCUT2D eigenvalue weighted by molar-refractivity contribution is 6.09. The van der Waals surface area contributed by atoms with E-state index in [0.29, 0.717) is 28.0 Å². The molecular weight excluding hydrogens is 568 g/mol. The van der Waals surface area contributed by atoms with E-state index < -0.39 is 17.7 Å². The normalized spacial score (nSPS) is 12.2. The van der Waals surface area contributed by atoms with Crippen LogP contribution < -0.4 is 14.2 Å². The number of carbonyl (C=O) groups is 3. The third-order valence-electron chi connectivity index (χ3n) is 7.05. The van der Waals surface area contributed by atoms with E-state index in [1.165, 1.54) is 19.3 Å². The van der Waals surface area contributed by atoms with Crippen LogP contribution in [0, 0.1) is 6.92 Å². The quantitative estimate of drug-likeness (QED) is 0.0443. The third kappa shape index (κ3) is 8.67. The minimum absolute atomic E-state index is 0.132. The van der Waals surface area contributed by atoms with Gasteiger partial charge in [-0.05, 0) is 72.5 Å². The molecule has 228 valence electrons. The molecule has 0 aromatic heterocycles. The first-order chi connectivity index (χ1) is 21.7. The van der Waals surface area contributed by atoms with E-state index in [-0.39, 0.29) is 17.3 Å². The van der Waals surface area contributed by atoms with E-state index in [0.717, 1.165) is 23.0 Å². The van der Waals surface area contributed by atoms with Crippen LogP contribution in [0.3, 0.4) is 0 Å². The number of aliphatic hydroxyl groups excluding tert-OH is 1. The number of carbonyl (C=O) groups excluding carboxylic acids is 3. The molecule has 0 aliphatic heterocycles. The highest BCUT2D eigenvalue weighted by Crippen LogP contribution is 2.31. The first kappa shape index (κ1) is 32.2. The van der Waals surface area contributed by atoms with Crippen LogP contribution in [-0.4, -0.2) is 36.9 Å². The van der Waals surface area contributed by atoms with Gasteiger partial charge in [0.25, 0.3) is 0 Å². The Morgan fingerprint density at radius 1 is 0.711 bits per heavy atom. The molecule has 4 rings (SSSR count). The van der Waals surface area contributed by atoms with E-state index >= 15 is 0 Å². The van der Waals surface area contributed by atoms with Crippen molar-refractivity contribution in [2.75, 3.05) is 14.2 Å². The molecule has 4 aromatic carbocycles. The standard InChI is InChI=1S/C38H34O7/c1-25-13-14-27(21-35(25)43-3)15-18-32(39)24-33(40)19-16-28-17-20-34(36(22-28)44-4)45-38(42)26(2)30-11-8-12-31(23-30)37(41)29-9-6-5-7-10-29/h5-24,26,39H,1-4H3/b18-15+,19-16+,32-24-/t26-/m1/s1. The molecule has 0 saturated carbocycles. The van der Waals surface area contributed by atoms with Crippen LogP contribution in [0.4, 0.5) is 0 Å². The number of allylic oxidation sites excluding steroid dienone is 3. The fraction of sp³-hybridized carbons (Fsp3) is 0.132. The van der Waals surface area contributed by atoms with Gasteiger partial charge in [0.1, 0.15) is 11.5 Å². The summed E-state index contributed by atoms with van der Waals surface area (Å²) in [5.41, 5.74) is 4.11. The Labute approximate surface area is 262 Å². The summed E-state index contributed by atoms with van der Waals surface area (Å²) in [7, 11) is 3.04. The van der Waals surface area contributed by atoms with Gasteiger partial charge in [0.05, 0.1) is 20.1 Å². The van der Waals surface area contributed by atoms with Gasteiger partial charge in [0, 0.05) is 17.2 Å². The van der Waals surface area contributed by atoms with Gasteiger partial charge in [0.2, 0.25) is 0 Å². The average Bonchev–Trinajstić information content (AvgIpc) is 3.07. The smallest absolute Gasteiger partial charge is 0.318 e. The minimum Gasteiger partial charge on any atom is -0.508 e. The molecule has 0 saturated heterocycles. The molecule has 0 aliphatic carbocycles. The molecule has 0 heterocycles. The lowest BCUT2D eigenvalue weighted by Gasteiger charge is -2.15. The number of hydrogen-bond acceptors (Lipinski definition) is 7. The maximum Gasteiger partial charge on any atom is 0.318 e. The molecule has 7 nitrogen and oxygen atoms in total. The summed E-state index contributed by atoms with van der Waals surface area (Å²) in [6, 6.07) is 26.4. The monoisotopic (exact) mass is 602 g/mol. The molecular formula is C38H34O7. The summed E-state index contributed by atoms with van der Waals surface area (Å²) in [5.74, 6) is -0.689. The highest BCUT2D eigenvalue weighted by Gasteiger charge is 2.21. The number of aryl methyl sites for hydroxylation is 1. The van der Waals surface area contributed by atoms with E-state index in [9.17, 15) is 19.5 Å². The van der Waals surface area contributed by atoms with Gasteiger partial charge in [-0.25, -0.2) is 0 Å². The molecule has 0 spiro atoms. The molecule has 0 aliphatic rings. The maximum atomic E-state index is 13.1. The van der Waals surface area contributed by atoms with Crippen LogP contribution in [0.15, 0.2) is 115 Å². The van der Waals surface area contributed by atoms with Crippen LogP contribution in [0.5, 0.6) is 17.2 Å². The van der Waals surface area contributed by atoms with Crippen LogP contribution >= 0.6 is 0 Å². The van der Waals surface area contributed by atoms with E-state index in [1.54, 1.807) is 92.9 Å². The Hall–Kier alpha value is -5.69. The predicted molar refractivity (Wildman–Crippen MR) is 175 cm³/mol. The lowest BCUT2D eigenvalue weighted by Crippen LogP contribution is -2.17. The molecule has 45 heavy (non-hydrogen) atoms. The second kappa shape index (κ2) is 15.2. The van der Waals surface area contributed by atoms with Crippen molar-refractivity contribution in [1.29, 1.82) is 0 Å². The molecule has 1 N–H and O–H groups in total. The summed E-state index contributed by atoms with van der Waals surface area (Å²) >= 11 is 0. The Kier molecular flexibility index (Phi) is 10.9. The van der Waals surface area contributed by atoms with Crippen molar-refractivity contribution in [3.8, 4) is 17.2 Å². The zero-order valence-corrected chi connectivity index (χ0v) is 25.5. The average molecular weight is 603 g/mol. The van der Waals surface area contributed by atoms with Gasteiger partial charge >= 0.3 is 5.97 Å². The summed E-state index contributed by atoms with van der Waals surface area (Å²) in [6.07, 6.45) is 7.09. The Bertz CT molecular complexity index is 1780. The van der Waals surface area contributed by atoms with E-state index in [1.807, 2.05) is 31.2 Å². The van der Waals surface area contributed by atoms with Crippen molar-refractivity contribution in [3.63, 3.8) is 0 Å². The molecule has 0 bridgehead atoms. The molecule has 0 fully saturated rings. The third-order valence-corrected chi connectivity index (χ3v) is 7.05. The van der Waals surface area contributed by atoms with Crippen molar-refractivity contribution in [2.45, 2.75) is 19.8 Å². The minimum atomic E-state index is -0.656. The number of rotatable bonds is 12. The Morgan fingerprint density at radius 3 is 2.07 bits per heavy atom. The zero-order valence-electron chi connectivity index (χ0n) is 25.5. The van der Waals surface area contributed by atoms with Gasteiger partial charge in [-0.15, -0.1) is 0 Å². The van der Waals surface area contributed by atoms with Gasteiger partial charge in [-0.1, -0.05) is 78.9 Å². The van der Waals surface area contributed by atoms with Crippen molar-refractivity contribution in [1.82, 2.24) is 0 Å². The predicted octanol–water partition coefficient (Wildman–Crippen LogP) is 7.69. The molecule has 4 aromatic rings. The second-order valence-electron chi connectivity index (χ2n) is 10.2. The van der Waals surface area contributed by atoms with Gasteiger partial charge in [-0.2, -0.15) is 0 Å². The van der Waals surface area contributed by atoms with Crippen molar-refractivity contribution in [2.24, 2.45) is 0 Å². The van der Waals surface area contributed by atoms with Gasteiger partial charge in [0.15, 0.2) is 23.1 Å². The van der Waals surface area contributed by atoms with Crippen LogP contribution in [0.2, 0.25) is 0 Å². The Balaban J connectivity index is 1.40. The lowest BCUT2D eigenvalue weighted by molar-refractivity contribution is -0.135.